The summed E-state index contributed by atoms with van der Waals surface area (Å²) in [6.07, 6.45) is 1.54. The number of thioether (sulfide) groups is 1. The quantitative estimate of drug-likeness (QED) is 0.247. The molecule has 0 saturated heterocycles. The molecule has 1 aromatic carbocycles. The topological polar surface area (TPSA) is 147 Å². The van der Waals surface area contributed by atoms with Crippen molar-refractivity contribution in [2.45, 2.75) is 31.8 Å². The number of benzene rings is 1. The molecule has 0 amide bonds. The number of nitro groups is 2. The number of nitrogens with zero attached hydrogens (tertiary/aromatic N) is 8. The summed E-state index contributed by atoms with van der Waals surface area (Å²) in [6.45, 7) is 4.97. The highest BCUT2D eigenvalue weighted by Gasteiger charge is 2.22. The molecule has 0 aliphatic carbocycles. The van der Waals surface area contributed by atoms with Gasteiger partial charge in [0.1, 0.15) is 11.4 Å². The molecule has 3 rings (SSSR count). The van der Waals surface area contributed by atoms with E-state index >= 15 is 0 Å². The highest BCUT2D eigenvalue weighted by Crippen LogP contribution is 2.25. The third-order valence-electron chi connectivity index (χ3n) is 4.04. The second-order valence-electron chi connectivity index (χ2n) is 5.98. The van der Waals surface area contributed by atoms with Crippen LogP contribution in [0.4, 0.5) is 11.4 Å². The first-order valence-corrected chi connectivity index (χ1v) is 9.28. The lowest BCUT2D eigenvalue weighted by atomic mass is 10.2. The molecule has 0 aliphatic heterocycles. The second kappa shape index (κ2) is 8.18. The molecule has 0 bridgehead atoms. The summed E-state index contributed by atoms with van der Waals surface area (Å²) in [5.74, 6) is 0.844. The SMILES string of the molecule is Cc1nn(CSc2nnc(C)n2N=Cc2ccc([N+](=O)[O-])cc2)c(C)c1[N+](=O)[O-]. The first-order chi connectivity index (χ1) is 13.8. The van der Waals surface area contributed by atoms with Crippen LogP contribution in [-0.2, 0) is 5.88 Å². The summed E-state index contributed by atoms with van der Waals surface area (Å²) in [5, 5.41) is 38.9. The Balaban J connectivity index is 1.77. The van der Waals surface area contributed by atoms with Gasteiger partial charge in [-0.2, -0.15) is 14.9 Å². The van der Waals surface area contributed by atoms with E-state index in [1.807, 2.05) is 0 Å². The largest absolute Gasteiger partial charge is 0.312 e. The molecule has 0 aliphatic rings. The fourth-order valence-corrected chi connectivity index (χ4v) is 3.45. The van der Waals surface area contributed by atoms with E-state index in [4.69, 9.17) is 0 Å². The number of non-ortho nitro benzene ring substituents is 1. The monoisotopic (exact) mass is 416 g/mol. The van der Waals surface area contributed by atoms with E-state index in [9.17, 15) is 20.2 Å². The molecule has 12 nitrogen and oxygen atoms in total. The number of hydrogen-bond acceptors (Lipinski definition) is 9. The van der Waals surface area contributed by atoms with Gasteiger partial charge >= 0.3 is 5.69 Å². The maximum absolute atomic E-state index is 11.1. The summed E-state index contributed by atoms with van der Waals surface area (Å²) in [6, 6.07) is 5.96. The summed E-state index contributed by atoms with van der Waals surface area (Å²) in [4.78, 5) is 20.9. The maximum Gasteiger partial charge on any atom is 0.312 e. The van der Waals surface area contributed by atoms with Crippen LogP contribution in [-0.4, -0.2) is 40.7 Å². The van der Waals surface area contributed by atoms with Gasteiger partial charge in [0.25, 0.3) is 5.69 Å². The molecule has 2 aromatic heterocycles. The normalized spacial score (nSPS) is 11.3. The molecule has 0 fully saturated rings. The van der Waals surface area contributed by atoms with E-state index < -0.39 is 9.85 Å². The van der Waals surface area contributed by atoms with Crippen molar-refractivity contribution in [3.05, 3.63) is 67.3 Å². The molecule has 0 unspecified atom stereocenters. The number of aryl methyl sites for hydroxylation is 2. The lowest BCUT2D eigenvalue weighted by Crippen LogP contribution is -2.02. The van der Waals surface area contributed by atoms with Crippen LogP contribution in [0, 0.1) is 41.0 Å². The lowest BCUT2D eigenvalue weighted by molar-refractivity contribution is -0.386. The Morgan fingerprint density at radius 3 is 2.38 bits per heavy atom. The van der Waals surface area contributed by atoms with Gasteiger partial charge in [0, 0.05) is 12.1 Å². The van der Waals surface area contributed by atoms with Gasteiger partial charge in [-0.1, -0.05) is 11.8 Å². The van der Waals surface area contributed by atoms with Gasteiger partial charge in [-0.05, 0) is 38.5 Å². The van der Waals surface area contributed by atoms with Gasteiger partial charge in [-0.25, -0.2) is 0 Å². The van der Waals surface area contributed by atoms with Gasteiger partial charge in [0.15, 0.2) is 5.82 Å². The van der Waals surface area contributed by atoms with Crippen LogP contribution in [0.25, 0.3) is 0 Å². The van der Waals surface area contributed by atoms with Crippen molar-refractivity contribution in [2.75, 3.05) is 0 Å². The molecule has 2 heterocycles. The fourth-order valence-electron chi connectivity index (χ4n) is 2.56. The van der Waals surface area contributed by atoms with Crippen molar-refractivity contribution in [3.8, 4) is 0 Å². The van der Waals surface area contributed by atoms with Gasteiger partial charge in [-0.15, -0.1) is 10.2 Å². The van der Waals surface area contributed by atoms with Gasteiger partial charge in [-0.3, -0.25) is 24.9 Å². The van der Waals surface area contributed by atoms with Gasteiger partial charge in [0.2, 0.25) is 5.16 Å². The Labute approximate surface area is 168 Å². The predicted molar refractivity (Wildman–Crippen MR) is 105 cm³/mol. The molecule has 13 heteroatoms. The van der Waals surface area contributed by atoms with E-state index in [0.717, 1.165) is 0 Å². The molecule has 0 atom stereocenters. The summed E-state index contributed by atoms with van der Waals surface area (Å²) in [5.41, 5.74) is 1.48. The first kappa shape index (κ1) is 20.1. The summed E-state index contributed by atoms with van der Waals surface area (Å²) < 4.78 is 3.05. The molecule has 3 aromatic rings. The van der Waals surface area contributed by atoms with Gasteiger partial charge in [0.05, 0.1) is 21.9 Å². The minimum Gasteiger partial charge on any atom is -0.258 e. The Bertz CT molecular complexity index is 1100. The van der Waals surface area contributed by atoms with E-state index in [0.29, 0.717) is 33.8 Å². The molecular formula is C16H16N8O4S. The number of hydrogen-bond donors (Lipinski definition) is 0. The average molecular weight is 416 g/mol. The highest BCUT2D eigenvalue weighted by atomic mass is 32.2. The maximum atomic E-state index is 11.1. The van der Waals surface area contributed by atoms with E-state index in [2.05, 4.69) is 20.4 Å². The predicted octanol–water partition coefficient (Wildman–Crippen LogP) is 2.85. The Morgan fingerprint density at radius 1 is 1.10 bits per heavy atom. The molecule has 0 radical (unpaired) electrons. The Morgan fingerprint density at radius 2 is 1.79 bits per heavy atom. The third kappa shape index (κ3) is 4.29. The summed E-state index contributed by atoms with van der Waals surface area (Å²) in [7, 11) is 0. The average Bonchev–Trinajstić information content (AvgIpc) is 3.17. The van der Waals surface area contributed by atoms with Crippen molar-refractivity contribution < 1.29 is 9.85 Å². The standard InChI is InChI=1S/C16H16N8O4S/c1-10-15(24(27)28)11(2)21(20-10)9-29-16-19-18-12(3)22(16)17-8-13-4-6-14(7-5-13)23(25)26/h4-8H,9H2,1-3H3. The lowest BCUT2D eigenvalue weighted by Gasteiger charge is -2.04. The van der Waals surface area contributed by atoms with Crippen LogP contribution in [0.2, 0.25) is 0 Å². The fraction of sp³-hybridized carbons (Fsp3) is 0.250. The smallest absolute Gasteiger partial charge is 0.258 e. The van der Waals surface area contributed by atoms with Crippen molar-refractivity contribution in [1.29, 1.82) is 0 Å². The Hall–Kier alpha value is -3.61. The molecule has 29 heavy (non-hydrogen) atoms. The molecule has 150 valence electrons. The number of aromatic nitrogens is 5. The molecular weight excluding hydrogens is 400 g/mol. The van der Waals surface area contributed by atoms with Crippen LogP contribution in [0.15, 0.2) is 34.5 Å². The minimum atomic E-state index is -0.469. The first-order valence-electron chi connectivity index (χ1n) is 8.30. The van der Waals surface area contributed by atoms with Crippen LogP contribution in [0.1, 0.15) is 22.8 Å². The molecule has 0 N–H and O–H groups in total. The highest BCUT2D eigenvalue weighted by molar-refractivity contribution is 7.98. The summed E-state index contributed by atoms with van der Waals surface area (Å²) >= 11 is 1.27. The van der Waals surface area contributed by atoms with Crippen LogP contribution >= 0.6 is 11.8 Å². The van der Waals surface area contributed by atoms with Crippen molar-refractivity contribution in [3.63, 3.8) is 0 Å². The molecule has 0 saturated carbocycles. The third-order valence-corrected chi connectivity index (χ3v) is 4.92. The minimum absolute atomic E-state index is 0.000519. The van der Waals surface area contributed by atoms with Gasteiger partial charge < -0.3 is 0 Å². The van der Waals surface area contributed by atoms with E-state index in [-0.39, 0.29) is 11.4 Å². The van der Waals surface area contributed by atoms with Crippen molar-refractivity contribution >= 4 is 29.4 Å². The van der Waals surface area contributed by atoms with Crippen molar-refractivity contribution in [1.82, 2.24) is 24.7 Å². The number of rotatable bonds is 7. The molecule has 0 spiro atoms. The number of nitro benzene ring substituents is 1. The zero-order valence-corrected chi connectivity index (χ0v) is 16.5. The zero-order valence-electron chi connectivity index (χ0n) is 15.7. The van der Waals surface area contributed by atoms with Crippen LogP contribution < -0.4 is 0 Å². The zero-order chi connectivity index (χ0) is 21.1. The van der Waals surface area contributed by atoms with E-state index in [1.165, 1.54) is 39.5 Å². The Kier molecular flexibility index (Phi) is 5.68. The van der Waals surface area contributed by atoms with E-state index in [1.54, 1.807) is 32.9 Å². The van der Waals surface area contributed by atoms with Crippen molar-refractivity contribution in [2.24, 2.45) is 5.10 Å². The van der Waals surface area contributed by atoms with Crippen LogP contribution in [0.5, 0.6) is 0 Å². The second-order valence-corrected chi connectivity index (χ2v) is 6.90. The van der Waals surface area contributed by atoms with Crippen LogP contribution in [0.3, 0.4) is 0 Å².